The third kappa shape index (κ3) is 2.74. The fourth-order valence-corrected chi connectivity index (χ4v) is 2.90. The van der Waals surface area contributed by atoms with Crippen LogP contribution in [0.5, 0.6) is 5.88 Å². The van der Waals surface area contributed by atoms with Gasteiger partial charge in [0.25, 0.3) is 0 Å². The highest BCUT2D eigenvalue weighted by Crippen LogP contribution is 2.34. The Bertz CT molecular complexity index is 1030. The fourth-order valence-electron chi connectivity index (χ4n) is 2.90. The quantitative estimate of drug-likeness (QED) is 0.568. The number of aryl methyl sites for hydroxylation is 2. The molecular weight excluding hydrogens is 312 g/mol. The molecule has 0 atom stereocenters. The molecule has 25 heavy (non-hydrogen) atoms. The van der Waals surface area contributed by atoms with Crippen molar-refractivity contribution in [3.63, 3.8) is 0 Å². The van der Waals surface area contributed by atoms with Gasteiger partial charge in [0.2, 0.25) is 5.88 Å². The van der Waals surface area contributed by atoms with Crippen LogP contribution in [0.1, 0.15) is 11.3 Å². The summed E-state index contributed by atoms with van der Waals surface area (Å²) in [6.07, 6.45) is 0. The van der Waals surface area contributed by atoms with Crippen LogP contribution in [0.15, 0.2) is 54.6 Å². The van der Waals surface area contributed by atoms with Crippen LogP contribution in [-0.4, -0.2) is 26.9 Å². The van der Waals surface area contributed by atoms with Crippen LogP contribution in [0.4, 0.5) is 0 Å². The standard InChI is InChI=1S/C20H18N4O/c1-13-4-7-15(8-5-13)17-12-16-9-6-14(2)23-24(16)20(17)18-10-11-19(25-3)22-21-18/h4-12H,1-3H3. The number of rotatable bonds is 3. The van der Waals surface area contributed by atoms with Crippen molar-refractivity contribution in [3.8, 4) is 28.4 Å². The molecule has 4 aromatic rings. The average Bonchev–Trinajstić information content (AvgIpc) is 3.01. The Morgan fingerprint density at radius 3 is 2.36 bits per heavy atom. The van der Waals surface area contributed by atoms with Crippen molar-refractivity contribution in [2.75, 3.05) is 7.11 Å². The predicted octanol–water partition coefficient (Wildman–Crippen LogP) is 4.08. The second-order valence-corrected chi connectivity index (χ2v) is 6.04. The third-order valence-electron chi connectivity index (χ3n) is 4.21. The van der Waals surface area contributed by atoms with Gasteiger partial charge in [-0.15, -0.1) is 10.2 Å². The van der Waals surface area contributed by atoms with Gasteiger partial charge < -0.3 is 4.74 Å². The van der Waals surface area contributed by atoms with Crippen molar-refractivity contribution in [3.05, 3.63) is 65.9 Å². The monoisotopic (exact) mass is 330 g/mol. The molecule has 0 aliphatic rings. The summed E-state index contributed by atoms with van der Waals surface area (Å²) in [5.41, 5.74) is 7.09. The van der Waals surface area contributed by atoms with Gasteiger partial charge in [0.1, 0.15) is 11.4 Å². The highest BCUT2D eigenvalue weighted by atomic mass is 16.5. The fraction of sp³-hybridized carbons (Fsp3) is 0.150. The van der Waals surface area contributed by atoms with Crippen LogP contribution < -0.4 is 4.74 Å². The minimum absolute atomic E-state index is 0.491. The first kappa shape index (κ1) is 15.3. The van der Waals surface area contributed by atoms with Crippen molar-refractivity contribution in [1.82, 2.24) is 19.8 Å². The largest absolute Gasteiger partial charge is 0.480 e. The Balaban J connectivity index is 1.99. The van der Waals surface area contributed by atoms with E-state index in [1.54, 1.807) is 7.11 Å². The first-order chi connectivity index (χ1) is 12.2. The molecule has 0 bridgehead atoms. The Labute approximate surface area is 145 Å². The van der Waals surface area contributed by atoms with Gasteiger partial charge in [-0.05, 0) is 43.7 Å². The van der Waals surface area contributed by atoms with Crippen LogP contribution in [0.25, 0.3) is 28.0 Å². The molecule has 5 nitrogen and oxygen atoms in total. The lowest BCUT2D eigenvalue weighted by atomic mass is 10.0. The SMILES string of the molecule is COc1ccc(-c2c(-c3ccc(C)cc3)cc3ccc(C)nn23)nn1. The van der Waals surface area contributed by atoms with Gasteiger partial charge in [0, 0.05) is 11.6 Å². The molecule has 124 valence electrons. The predicted molar refractivity (Wildman–Crippen MR) is 97.7 cm³/mol. The number of ether oxygens (including phenoxy) is 1. The highest BCUT2D eigenvalue weighted by Gasteiger charge is 2.17. The van der Waals surface area contributed by atoms with E-state index in [2.05, 4.69) is 58.6 Å². The zero-order valence-electron chi connectivity index (χ0n) is 14.4. The summed E-state index contributed by atoms with van der Waals surface area (Å²) < 4.78 is 7.06. The molecule has 0 saturated heterocycles. The van der Waals surface area contributed by atoms with Crippen molar-refractivity contribution < 1.29 is 4.74 Å². The molecule has 0 amide bonds. The lowest BCUT2D eigenvalue weighted by Crippen LogP contribution is -1.99. The van der Waals surface area contributed by atoms with E-state index in [0.29, 0.717) is 5.88 Å². The summed E-state index contributed by atoms with van der Waals surface area (Å²) in [4.78, 5) is 0. The molecule has 0 spiro atoms. The second-order valence-electron chi connectivity index (χ2n) is 6.04. The van der Waals surface area contributed by atoms with Crippen molar-refractivity contribution in [1.29, 1.82) is 0 Å². The lowest BCUT2D eigenvalue weighted by molar-refractivity contribution is 0.392. The van der Waals surface area contributed by atoms with Gasteiger partial charge in [-0.1, -0.05) is 29.8 Å². The maximum Gasteiger partial charge on any atom is 0.233 e. The smallest absolute Gasteiger partial charge is 0.233 e. The molecule has 0 saturated carbocycles. The second kappa shape index (κ2) is 6.02. The molecule has 3 heterocycles. The maximum atomic E-state index is 5.13. The summed E-state index contributed by atoms with van der Waals surface area (Å²) in [7, 11) is 1.58. The number of benzene rings is 1. The van der Waals surface area contributed by atoms with E-state index in [4.69, 9.17) is 4.74 Å². The zero-order valence-corrected chi connectivity index (χ0v) is 14.4. The number of aromatic nitrogens is 4. The van der Waals surface area contributed by atoms with Crippen molar-refractivity contribution >= 4 is 5.52 Å². The first-order valence-corrected chi connectivity index (χ1v) is 8.10. The molecule has 0 fully saturated rings. The molecule has 5 heteroatoms. The molecule has 0 radical (unpaired) electrons. The number of hydrogen-bond donors (Lipinski definition) is 0. The molecule has 0 N–H and O–H groups in total. The van der Waals surface area contributed by atoms with E-state index < -0.39 is 0 Å². The number of hydrogen-bond acceptors (Lipinski definition) is 4. The van der Waals surface area contributed by atoms with E-state index in [-0.39, 0.29) is 0 Å². The summed E-state index contributed by atoms with van der Waals surface area (Å²) in [6, 6.07) is 18.4. The average molecular weight is 330 g/mol. The van der Waals surface area contributed by atoms with Gasteiger partial charge in [-0.25, -0.2) is 4.52 Å². The zero-order chi connectivity index (χ0) is 17.4. The minimum atomic E-state index is 0.491. The molecule has 0 unspecified atom stereocenters. The number of fused-ring (bicyclic) bond motifs is 1. The summed E-state index contributed by atoms with van der Waals surface area (Å²) >= 11 is 0. The van der Waals surface area contributed by atoms with Gasteiger partial charge >= 0.3 is 0 Å². The molecule has 0 aliphatic carbocycles. The Hall–Kier alpha value is -3.21. The first-order valence-electron chi connectivity index (χ1n) is 8.10. The number of methoxy groups -OCH3 is 1. The molecular formula is C20H18N4O. The molecule has 4 rings (SSSR count). The highest BCUT2D eigenvalue weighted by molar-refractivity contribution is 5.85. The van der Waals surface area contributed by atoms with E-state index >= 15 is 0 Å². The Morgan fingerprint density at radius 2 is 1.68 bits per heavy atom. The lowest BCUT2D eigenvalue weighted by Gasteiger charge is -2.07. The van der Waals surface area contributed by atoms with Gasteiger partial charge in [-0.3, -0.25) is 0 Å². The van der Waals surface area contributed by atoms with E-state index in [1.807, 2.05) is 29.6 Å². The van der Waals surface area contributed by atoms with Crippen molar-refractivity contribution in [2.45, 2.75) is 13.8 Å². The van der Waals surface area contributed by atoms with E-state index in [9.17, 15) is 0 Å². The van der Waals surface area contributed by atoms with Gasteiger partial charge in [0.15, 0.2) is 0 Å². The van der Waals surface area contributed by atoms with Crippen LogP contribution in [0.3, 0.4) is 0 Å². The molecule has 1 aromatic carbocycles. The molecule has 0 aliphatic heterocycles. The summed E-state index contributed by atoms with van der Waals surface area (Å²) in [5, 5.41) is 13.1. The Morgan fingerprint density at radius 1 is 0.880 bits per heavy atom. The van der Waals surface area contributed by atoms with Crippen molar-refractivity contribution in [2.24, 2.45) is 0 Å². The van der Waals surface area contributed by atoms with Crippen LogP contribution >= 0.6 is 0 Å². The summed E-state index contributed by atoms with van der Waals surface area (Å²) in [6.45, 7) is 4.06. The van der Waals surface area contributed by atoms with E-state index in [0.717, 1.165) is 33.7 Å². The topological polar surface area (TPSA) is 52.3 Å². The van der Waals surface area contributed by atoms with Crippen LogP contribution in [-0.2, 0) is 0 Å². The molecule has 3 aromatic heterocycles. The minimum Gasteiger partial charge on any atom is -0.480 e. The van der Waals surface area contributed by atoms with Gasteiger partial charge in [0.05, 0.1) is 18.3 Å². The third-order valence-corrected chi connectivity index (χ3v) is 4.21. The van der Waals surface area contributed by atoms with Crippen LogP contribution in [0, 0.1) is 13.8 Å². The Kier molecular flexibility index (Phi) is 3.69. The number of nitrogens with zero attached hydrogens (tertiary/aromatic N) is 4. The van der Waals surface area contributed by atoms with E-state index in [1.165, 1.54) is 5.56 Å². The normalized spacial score (nSPS) is 11.0. The van der Waals surface area contributed by atoms with Crippen LogP contribution in [0.2, 0.25) is 0 Å². The maximum absolute atomic E-state index is 5.13. The summed E-state index contributed by atoms with van der Waals surface area (Å²) in [5.74, 6) is 0.491. The van der Waals surface area contributed by atoms with Gasteiger partial charge in [-0.2, -0.15) is 5.10 Å².